The van der Waals surface area contributed by atoms with Crippen LogP contribution < -0.4 is 10.2 Å². The van der Waals surface area contributed by atoms with Crippen molar-refractivity contribution in [2.75, 3.05) is 29.9 Å². The molecule has 2 aromatic heterocycles. The van der Waals surface area contributed by atoms with Crippen LogP contribution in [0.15, 0.2) is 48.7 Å². The van der Waals surface area contributed by atoms with Crippen molar-refractivity contribution in [1.29, 1.82) is 0 Å². The zero-order chi connectivity index (χ0) is 22.1. The second kappa shape index (κ2) is 8.70. The summed E-state index contributed by atoms with van der Waals surface area (Å²) in [5.74, 6) is 1.51. The number of carbonyl (C=O) groups excluding carboxylic acids is 2. The molecule has 2 fully saturated rings. The van der Waals surface area contributed by atoms with Crippen LogP contribution >= 0.6 is 0 Å². The summed E-state index contributed by atoms with van der Waals surface area (Å²) in [7, 11) is 0. The molecule has 3 aromatic rings. The lowest BCUT2D eigenvalue weighted by atomic mass is 9.95. The summed E-state index contributed by atoms with van der Waals surface area (Å²) in [5.41, 5.74) is 2.52. The molecule has 0 radical (unpaired) electrons. The fourth-order valence-corrected chi connectivity index (χ4v) is 4.74. The first-order valence-corrected chi connectivity index (χ1v) is 11.3. The highest BCUT2D eigenvalue weighted by molar-refractivity contribution is 5.97. The lowest BCUT2D eigenvalue weighted by Crippen LogP contribution is -2.45. The van der Waals surface area contributed by atoms with Gasteiger partial charge in [-0.2, -0.15) is 0 Å². The van der Waals surface area contributed by atoms with Crippen molar-refractivity contribution in [3.8, 4) is 0 Å². The number of fused-ring (bicyclic) bond motifs is 1. The number of hydrogen-bond donors (Lipinski definition) is 1. The van der Waals surface area contributed by atoms with Gasteiger partial charge in [0.1, 0.15) is 5.82 Å². The van der Waals surface area contributed by atoms with E-state index in [1.807, 2.05) is 55.6 Å². The highest BCUT2D eigenvalue weighted by atomic mass is 16.2. The van der Waals surface area contributed by atoms with E-state index in [1.54, 1.807) is 4.90 Å². The number of aromatic nitrogens is 3. The average Bonchev–Trinajstić information content (AvgIpc) is 3.45. The zero-order valence-electron chi connectivity index (χ0n) is 18.3. The molecule has 1 atom stereocenters. The highest BCUT2D eigenvalue weighted by Crippen LogP contribution is 2.28. The largest absolute Gasteiger partial charge is 0.325 e. The predicted octanol–water partition coefficient (Wildman–Crippen LogP) is 3.06. The zero-order valence-corrected chi connectivity index (χ0v) is 18.3. The Hall–Kier alpha value is -3.26. The monoisotopic (exact) mass is 432 g/mol. The summed E-state index contributed by atoms with van der Waals surface area (Å²) in [6, 6.07) is 13.3. The molecule has 0 aliphatic carbocycles. The molecule has 1 unspecified atom stereocenters. The number of likely N-dealkylation sites (tertiary alicyclic amines) is 1. The molecular formula is C24H28N6O2. The molecule has 1 N–H and O–H groups in total. The van der Waals surface area contributed by atoms with E-state index in [9.17, 15) is 9.59 Å². The quantitative estimate of drug-likeness (QED) is 0.670. The molecule has 8 heteroatoms. The number of amides is 2. The Kier molecular flexibility index (Phi) is 5.61. The van der Waals surface area contributed by atoms with E-state index in [0.29, 0.717) is 12.3 Å². The number of nitrogens with zero attached hydrogens (tertiary/aromatic N) is 5. The predicted molar refractivity (Wildman–Crippen MR) is 123 cm³/mol. The molecule has 2 aliphatic heterocycles. The van der Waals surface area contributed by atoms with Crippen LogP contribution in [0.2, 0.25) is 0 Å². The maximum atomic E-state index is 12.8. The van der Waals surface area contributed by atoms with Crippen LogP contribution in [0, 0.1) is 0 Å². The third-order valence-corrected chi connectivity index (χ3v) is 6.68. The smallest absolute Gasteiger partial charge is 0.241 e. The minimum Gasteiger partial charge on any atom is -0.325 e. The van der Waals surface area contributed by atoms with Crippen molar-refractivity contribution < 1.29 is 9.59 Å². The Balaban J connectivity index is 1.17. The number of piperidine rings is 1. The topological polar surface area (TPSA) is 82.8 Å². The van der Waals surface area contributed by atoms with Gasteiger partial charge in [0.25, 0.3) is 0 Å². The molecule has 1 aromatic carbocycles. The molecule has 2 saturated heterocycles. The highest BCUT2D eigenvalue weighted by Gasteiger charge is 2.29. The van der Waals surface area contributed by atoms with E-state index < -0.39 is 0 Å². The van der Waals surface area contributed by atoms with Gasteiger partial charge in [-0.1, -0.05) is 6.07 Å². The number of hydrogen-bond acceptors (Lipinski definition) is 5. The first-order valence-electron chi connectivity index (χ1n) is 11.3. The first-order chi connectivity index (χ1) is 15.6. The van der Waals surface area contributed by atoms with Crippen LogP contribution in [-0.4, -0.2) is 57.0 Å². The van der Waals surface area contributed by atoms with Gasteiger partial charge in [-0.25, -0.2) is 0 Å². The van der Waals surface area contributed by atoms with E-state index in [-0.39, 0.29) is 17.9 Å². The van der Waals surface area contributed by atoms with Gasteiger partial charge in [0.05, 0.1) is 6.04 Å². The molecule has 32 heavy (non-hydrogen) atoms. The van der Waals surface area contributed by atoms with Gasteiger partial charge >= 0.3 is 0 Å². The fraction of sp³-hybridized carbons (Fsp3) is 0.417. The van der Waals surface area contributed by atoms with E-state index in [0.717, 1.165) is 61.7 Å². The van der Waals surface area contributed by atoms with Crippen LogP contribution in [0.4, 0.5) is 11.4 Å². The summed E-state index contributed by atoms with van der Waals surface area (Å²) in [6.45, 7) is 4.41. The second-order valence-electron chi connectivity index (χ2n) is 8.66. The van der Waals surface area contributed by atoms with E-state index >= 15 is 0 Å². The summed E-state index contributed by atoms with van der Waals surface area (Å²) in [6.07, 6.45) is 5.43. The third-order valence-electron chi connectivity index (χ3n) is 6.68. The van der Waals surface area contributed by atoms with Gasteiger partial charge in [0.2, 0.25) is 11.8 Å². The SMILES string of the molecule is CC(C(=O)Nc1ccc(N2CCCC2=O)cc1)N1CCC(c2nnc3ccccn23)CC1. The maximum Gasteiger partial charge on any atom is 0.241 e. The van der Waals surface area contributed by atoms with Gasteiger partial charge in [-0.15, -0.1) is 10.2 Å². The molecule has 0 saturated carbocycles. The normalized spacial score (nSPS) is 18.9. The van der Waals surface area contributed by atoms with Crippen LogP contribution in [-0.2, 0) is 9.59 Å². The van der Waals surface area contributed by atoms with Gasteiger partial charge in [-0.05, 0) is 75.7 Å². The van der Waals surface area contributed by atoms with Crippen molar-refractivity contribution in [3.63, 3.8) is 0 Å². The minimum absolute atomic E-state index is 0.0126. The molecule has 0 spiro atoms. The van der Waals surface area contributed by atoms with Gasteiger partial charge < -0.3 is 10.2 Å². The van der Waals surface area contributed by atoms with Gasteiger partial charge in [0, 0.05) is 36.5 Å². The molecule has 0 bridgehead atoms. The second-order valence-corrected chi connectivity index (χ2v) is 8.66. The van der Waals surface area contributed by atoms with Crippen LogP contribution in [0.3, 0.4) is 0 Å². The van der Waals surface area contributed by atoms with Crippen LogP contribution in [0.1, 0.15) is 44.3 Å². The number of pyridine rings is 1. The molecule has 2 amide bonds. The summed E-state index contributed by atoms with van der Waals surface area (Å²) in [5, 5.41) is 11.7. The van der Waals surface area contributed by atoms with Crippen molar-refractivity contribution in [1.82, 2.24) is 19.5 Å². The Morgan fingerprint density at radius 1 is 1.06 bits per heavy atom. The fourth-order valence-electron chi connectivity index (χ4n) is 4.74. The summed E-state index contributed by atoms with van der Waals surface area (Å²) < 4.78 is 2.07. The Labute approximate surface area is 187 Å². The Morgan fingerprint density at radius 2 is 1.84 bits per heavy atom. The summed E-state index contributed by atoms with van der Waals surface area (Å²) >= 11 is 0. The lowest BCUT2D eigenvalue weighted by molar-refractivity contribution is -0.121. The standard InChI is InChI=1S/C24H28N6O2/c1-17(24(32)25-19-7-9-20(10-8-19)29-14-4-6-22(29)31)28-15-11-18(12-16-28)23-27-26-21-5-2-3-13-30(21)23/h2-3,5,7-10,13,17-18H,4,6,11-12,14-16H2,1H3,(H,25,32). The minimum atomic E-state index is -0.217. The van der Waals surface area contributed by atoms with Crippen molar-refractivity contribution >= 4 is 28.8 Å². The van der Waals surface area contributed by atoms with Crippen LogP contribution in [0.5, 0.6) is 0 Å². The number of anilines is 2. The maximum absolute atomic E-state index is 12.8. The molecule has 166 valence electrons. The first kappa shape index (κ1) is 20.6. The Bertz CT molecular complexity index is 1120. The number of carbonyl (C=O) groups is 2. The number of nitrogens with one attached hydrogen (secondary N) is 1. The average molecular weight is 433 g/mol. The summed E-state index contributed by atoms with van der Waals surface area (Å²) in [4.78, 5) is 28.8. The number of benzene rings is 1. The molecule has 2 aliphatic rings. The van der Waals surface area contributed by atoms with Crippen LogP contribution in [0.25, 0.3) is 5.65 Å². The van der Waals surface area contributed by atoms with Gasteiger partial charge in [0.15, 0.2) is 5.65 Å². The molecule has 8 nitrogen and oxygen atoms in total. The molecular weight excluding hydrogens is 404 g/mol. The lowest BCUT2D eigenvalue weighted by Gasteiger charge is -2.34. The van der Waals surface area contributed by atoms with Crippen molar-refractivity contribution in [2.24, 2.45) is 0 Å². The molecule has 4 heterocycles. The molecule has 5 rings (SSSR count). The van der Waals surface area contributed by atoms with Gasteiger partial charge in [-0.3, -0.25) is 18.9 Å². The van der Waals surface area contributed by atoms with E-state index in [2.05, 4.69) is 24.8 Å². The number of rotatable bonds is 5. The van der Waals surface area contributed by atoms with Crippen molar-refractivity contribution in [2.45, 2.75) is 44.6 Å². The third kappa shape index (κ3) is 3.98. The van der Waals surface area contributed by atoms with E-state index in [4.69, 9.17) is 0 Å². The van der Waals surface area contributed by atoms with E-state index in [1.165, 1.54) is 0 Å². The Morgan fingerprint density at radius 3 is 2.56 bits per heavy atom. The van der Waals surface area contributed by atoms with Crippen molar-refractivity contribution in [3.05, 3.63) is 54.5 Å².